The van der Waals surface area contributed by atoms with Gasteiger partial charge in [0.1, 0.15) is 0 Å². The van der Waals surface area contributed by atoms with Crippen molar-refractivity contribution in [3.8, 4) is 24.3 Å². The van der Waals surface area contributed by atoms with Crippen LogP contribution in [0.4, 0.5) is 0 Å². The topological polar surface area (TPSA) is 95.2 Å². The van der Waals surface area contributed by atoms with Gasteiger partial charge in [0.25, 0.3) is 0 Å². The lowest BCUT2D eigenvalue weighted by Crippen LogP contribution is -2.15. The van der Waals surface area contributed by atoms with Crippen molar-refractivity contribution in [1.82, 2.24) is 0 Å². The molecule has 0 N–H and O–H groups in total. The molecule has 0 radical (unpaired) electrons. The van der Waals surface area contributed by atoms with Crippen molar-refractivity contribution < 1.29 is 0 Å². The molecule has 0 amide bonds. The van der Waals surface area contributed by atoms with E-state index in [2.05, 4.69) is 6.07 Å². The van der Waals surface area contributed by atoms with Crippen molar-refractivity contribution in [3.05, 3.63) is 0 Å². The predicted octanol–water partition coefficient (Wildman–Crippen LogP) is 2.80. The highest BCUT2D eigenvalue weighted by molar-refractivity contribution is 5.16. The molecule has 4 heteroatoms. The van der Waals surface area contributed by atoms with Gasteiger partial charge in [-0.05, 0) is 12.8 Å². The molecule has 0 saturated heterocycles. The second-order valence-corrected chi connectivity index (χ2v) is 3.71. The zero-order valence-corrected chi connectivity index (χ0v) is 9.24. The number of rotatable bonds is 7. The van der Waals surface area contributed by atoms with Gasteiger partial charge in [-0.15, -0.1) is 0 Å². The second kappa shape index (κ2) is 8.28. The van der Waals surface area contributed by atoms with Gasteiger partial charge in [0.15, 0.2) is 5.41 Å². The first kappa shape index (κ1) is 14.0. The molecule has 0 aliphatic rings. The number of unbranched alkanes of at least 4 members (excludes halogenated alkanes) is 4. The number of nitrogens with zero attached hydrogens (tertiary/aromatic N) is 4. The summed E-state index contributed by atoms with van der Waals surface area (Å²) in [4.78, 5) is 0. The maximum atomic E-state index is 8.88. The lowest BCUT2D eigenvalue weighted by molar-refractivity contribution is 0.451. The fourth-order valence-corrected chi connectivity index (χ4v) is 1.42. The molecule has 0 heterocycles. The minimum Gasteiger partial charge on any atom is -0.198 e. The molecule has 0 saturated carbocycles. The standard InChI is InChI=1S/C12H14N4/c13-8-5-3-1-2-4-6-12(10-15,11-16)7-9-14/h1-7H2. The van der Waals surface area contributed by atoms with Crippen LogP contribution in [0, 0.1) is 50.7 Å². The highest BCUT2D eigenvalue weighted by atomic mass is 14.4. The third-order valence-corrected chi connectivity index (χ3v) is 2.45. The maximum Gasteiger partial charge on any atom is 0.156 e. The van der Waals surface area contributed by atoms with Crippen LogP contribution in [0.15, 0.2) is 0 Å². The number of hydrogen-bond donors (Lipinski definition) is 0. The quantitative estimate of drug-likeness (QED) is 0.608. The van der Waals surface area contributed by atoms with Crippen molar-refractivity contribution in [2.75, 3.05) is 0 Å². The van der Waals surface area contributed by atoms with E-state index in [-0.39, 0.29) is 6.42 Å². The van der Waals surface area contributed by atoms with E-state index >= 15 is 0 Å². The van der Waals surface area contributed by atoms with Gasteiger partial charge in [0, 0.05) is 6.42 Å². The average Bonchev–Trinajstić information content (AvgIpc) is 2.32. The molecule has 82 valence electrons. The van der Waals surface area contributed by atoms with Gasteiger partial charge in [-0.25, -0.2) is 0 Å². The molecule has 0 fully saturated rings. The van der Waals surface area contributed by atoms with Crippen LogP contribution in [-0.2, 0) is 0 Å². The van der Waals surface area contributed by atoms with Gasteiger partial charge in [-0.2, -0.15) is 21.0 Å². The second-order valence-electron chi connectivity index (χ2n) is 3.71. The van der Waals surface area contributed by atoms with E-state index in [4.69, 9.17) is 21.0 Å². The number of hydrogen-bond acceptors (Lipinski definition) is 4. The first-order chi connectivity index (χ1) is 7.74. The Labute approximate surface area is 96.3 Å². The molecule has 0 atom stereocenters. The van der Waals surface area contributed by atoms with Gasteiger partial charge >= 0.3 is 0 Å². The summed E-state index contributed by atoms with van der Waals surface area (Å²) in [6.45, 7) is 0. The molecule has 0 rings (SSSR count). The predicted molar refractivity (Wildman–Crippen MR) is 57.2 cm³/mol. The molecular formula is C12H14N4. The summed E-state index contributed by atoms with van der Waals surface area (Å²) in [5.41, 5.74) is -1.13. The van der Waals surface area contributed by atoms with Gasteiger partial charge in [0.05, 0.1) is 30.7 Å². The highest BCUT2D eigenvalue weighted by Crippen LogP contribution is 2.27. The normalized spacial score (nSPS) is 9.50. The molecule has 0 aliphatic heterocycles. The summed E-state index contributed by atoms with van der Waals surface area (Å²) in [7, 11) is 0. The van der Waals surface area contributed by atoms with Crippen LogP contribution in [0.2, 0.25) is 0 Å². The van der Waals surface area contributed by atoms with Crippen LogP contribution in [0.25, 0.3) is 0 Å². The monoisotopic (exact) mass is 214 g/mol. The Hall–Kier alpha value is -2.04. The van der Waals surface area contributed by atoms with E-state index in [1.165, 1.54) is 0 Å². The van der Waals surface area contributed by atoms with Crippen molar-refractivity contribution in [3.63, 3.8) is 0 Å². The molecule has 0 spiro atoms. The van der Waals surface area contributed by atoms with Gasteiger partial charge in [0.2, 0.25) is 0 Å². The highest BCUT2D eigenvalue weighted by Gasteiger charge is 2.29. The first-order valence-electron chi connectivity index (χ1n) is 5.31. The molecule has 0 aromatic rings. The Kier molecular flexibility index (Phi) is 7.23. The van der Waals surface area contributed by atoms with Crippen molar-refractivity contribution in [1.29, 1.82) is 21.0 Å². The fourth-order valence-electron chi connectivity index (χ4n) is 1.42. The van der Waals surface area contributed by atoms with Gasteiger partial charge < -0.3 is 0 Å². The molecular weight excluding hydrogens is 200 g/mol. The van der Waals surface area contributed by atoms with Crippen molar-refractivity contribution in [2.45, 2.75) is 44.9 Å². The lowest BCUT2D eigenvalue weighted by Gasteiger charge is -2.13. The minimum atomic E-state index is -1.13. The van der Waals surface area contributed by atoms with Crippen LogP contribution in [0.3, 0.4) is 0 Å². The smallest absolute Gasteiger partial charge is 0.156 e. The van der Waals surface area contributed by atoms with E-state index in [1.54, 1.807) is 0 Å². The summed E-state index contributed by atoms with van der Waals surface area (Å²) in [6.07, 6.45) is 4.43. The summed E-state index contributed by atoms with van der Waals surface area (Å²) in [5.74, 6) is 0. The van der Waals surface area contributed by atoms with Crippen LogP contribution in [-0.4, -0.2) is 0 Å². The van der Waals surface area contributed by atoms with Crippen LogP contribution >= 0.6 is 0 Å². The van der Waals surface area contributed by atoms with Crippen molar-refractivity contribution in [2.24, 2.45) is 5.41 Å². The molecule has 0 unspecified atom stereocenters. The third-order valence-electron chi connectivity index (χ3n) is 2.45. The largest absolute Gasteiger partial charge is 0.198 e. The van der Waals surface area contributed by atoms with Crippen LogP contribution in [0.1, 0.15) is 44.9 Å². The maximum absolute atomic E-state index is 8.88. The Morgan fingerprint density at radius 2 is 1.38 bits per heavy atom. The lowest BCUT2D eigenvalue weighted by atomic mass is 9.83. The van der Waals surface area contributed by atoms with E-state index in [0.29, 0.717) is 12.8 Å². The minimum absolute atomic E-state index is 0.0296. The summed E-state index contributed by atoms with van der Waals surface area (Å²) < 4.78 is 0. The molecule has 16 heavy (non-hydrogen) atoms. The summed E-state index contributed by atoms with van der Waals surface area (Å²) >= 11 is 0. The molecule has 0 aliphatic carbocycles. The van der Waals surface area contributed by atoms with E-state index in [9.17, 15) is 0 Å². The first-order valence-corrected chi connectivity index (χ1v) is 5.31. The Balaban J connectivity index is 3.90. The molecule has 0 bridgehead atoms. The molecule has 0 aromatic carbocycles. The Morgan fingerprint density at radius 3 is 1.88 bits per heavy atom. The van der Waals surface area contributed by atoms with Crippen LogP contribution in [0.5, 0.6) is 0 Å². The van der Waals surface area contributed by atoms with Crippen molar-refractivity contribution >= 4 is 0 Å². The average molecular weight is 214 g/mol. The van der Waals surface area contributed by atoms with Gasteiger partial charge in [-0.3, -0.25) is 0 Å². The summed E-state index contributed by atoms with van der Waals surface area (Å²) in [6, 6.07) is 7.82. The zero-order valence-electron chi connectivity index (χ0n) is 9.24. The molecule has 0 aromatic heterocycles. The Bertz CT molecular complexity index is 344. The Morgan fingerprint density at radius 1 is 0.750 bits per heavy atom. The SMILES string of the molecule is N#CCCCCCCC(C#N)(C#N)CC#N. The van der Waals surface area contributed by atoms with Crippen LogP contribution < -0.4 is 0 Å². The number of nitriles is 4. The summed E-state index contributed by atoms with van der Waals surface area (Å²) in [5, 5.41) is 34.6. The van der Waals surface area contributed by atoms with E-state index in [0.717, 1.165) is 25.7 Å². The zero-order chi connectivity index (χ0) is 12.3. The van der Waals surface area contributed by atoms with Gasteiger partial charge in [-0.1, -0.05) is 19.3 Å². The van der Waals surface area contributed by atoms with E-state index < -0.39 is 5.41 Å². The fraction of sp³-hybridized carbons (Fsp3) is 0.667. The van der Waals surface area contributed by atoms with E-state index in [1.807, 2.05) is 18.2 Å². The molecule has 4 nitrogen and oxygen atoms in total. The third kappa shape index (κ3) is 4.99.